The Balaban J connectivity index is 1.66. The maximum Gasteiger partial charge on any atom is 0.409 e. The van der Waals surface area contributed by atoms with E-state index < -0.39 is 0 Å². The highest BCUT2D eigenvalue weighted by molar-refractivity contribution is 7.17. The summed E-state index contributed by atoms with van der Waals surface area (Å²) in [5.41, 5.74) is 0.858. The average Bonchev–Trinajstić information content (AvgIpc) is 3.29. The topological polar surface area (TPSA) is 83.2 Å². The molecule has 1 amide bonds. The first-order chi connectivity index (χ1) is 14.5. The summed E-state index contributed by atoms with van der Waals surface area (Å²) >= 11 is 1.37. The van der Waals surface area contributed by atoms with Gasteiger partial charge in [-0.25, -0.2) is 14.2 Å². The lowest BCUT2D eigenvalue weighted by molar-refractivity contribution is 0.0715. The molecule has 3 heterocycles. The third-order valence-electron chi connectivity index (χ3n) is 5.20. The molecule has 10 heteroatoms. The number of benzene rings is 1. The number of thiazole rings is 1. The summed E-state index contributed by atoms with van der Waals surface area (Å²) in [5, 5.41) is 15.3. The van der Waals surface area contributed by atoms with Crippen LogP contribution in [0.2, 0.25) is 0 Å². The first kappa shape index (κ1) is 20.5. The number of rotatable bonds is 5. The third-order valence-corrected chi connectivity index (χ3v) is 6.27. The zero-order valence-electron chi connectivity index (χ0n) is 16.9. The molecule has 1 saturated heterocycles. The molecule has 8 nitrogen and oxygen atoms in total. The number of carbonyl (C=O) groups excluding carboxylic acids is 1. The Morgan fingerprint density at radius 1 is 1.23 bits per heavy atom. The molecular formula is C20H24FN5O3S. The van der Waals surface area contributed by atoms with Crippen LogP contribution in [0, 0.1) is 5.82 Å². The van der Waals surface area contributed by atoms with Crippen molar-refractivity contribution in [2.75, 3.05) is 32.8 Å². The number of aromatic nitrogens is 3. The zero-order chi connectivity index (χ0) is 21.3. The van der Waals surface area contributed by atoms with Crippen molar-refractivity contribution in [3.8, 4) is 5.88 Å². The summed E-state index contributed by atoms with van der Waals surface area (Å²) < 4.78 is 20.1. The molecule has 160 valence electrons. The van der Waals surface area contributed by atoms with Crippen molar-refractivity contribution in [2.45, 2.75) is 26.3 Å². The zero-order valence-corrected chi connectivity index (χ0v) is 17.7. The van der Waals surface area contributed by atoms with E-state index in [1.54, 1.807) is 24.0 Å². The van der Waals surface area contributed by atoms with Crippen LogP contribution in [0.3, 0.4) is 0 Å². The number of piperazine rings is 1. The van der Waals surface area contributed by atoms with Gasteiger partial charge in [-0.2, -0.15) is 4.52 Å². The quantitative estimate of drug-likeness (QED) is 0.666. The molecule has 3 aromatic rings. The molecule has 1 aliphatic heterocycles. The van der Waals surface area contributed by atoms with Gasteiger partial charge in [0.1, 0.15) is 5.82 Å². The van der Waals surface area contributed by atoms with E-state index in [9.17, 15) is 14.3 Å². The number of aromatic hydroxyl groups is 1. The van der Waals surface area contributed by atoms with Gasteiger partial charge in [-0.3, -0.25) is 4.90 Å². The van der Waals surface area contributed by atoms with Gasteiger partial charge in [-0.1, -0.05) is 30.4 Å². The minimum atomic E-state index is -0.316. The summed E-state index contributed by atoms with van der Waals surface area (Å²) in [5.74, 6) is 0.401. The third kappa shape index (κ3) is 3.84. The van der Waals surface area contributed by atoms with E-state index in [2.05, 4.69) is 15.0 Å². The van der Waals surface area contributed by atoms with Crippen LogP contribution in [-0.2, 0) is 11.2 Å². The van der Waals surface area contributed by atoms with Gasteiger partial charge >= 0.3 is 6.09 Å². The number of ether oxygens (including phenoxy) is 1. The number of fused-ring (bicyclic) bond motifs is 1. The molecule has 0 bridgehead atoms. The minimum Gasteiger partial charge on any atom is -0.492 e. The number of hydrogen-bond acceptors (Lipinski definition) is 7. The van der Waals surface area contributed by atoms with Crippen molar-refractivity contribution in [2.24, 2.45) is 0 Å². The molecule has 2 aromatic heterocycles. The first-order valence-electron chi connectivity index (χ1n) is 10.00. The fourth-order valence-electron chi connectivity index (χ4n) is 3.67. The van der Waals surface area contributed by atoms with Gasteiger partial charge in [0.05, 0.1) is 17.5 Å². The lowest BCUT2D eigenvalue weighted by Gasteiger charge is -2.38. The average molecular weight is 434 g/mol. The van der Waals surface area contributed by atoms with E-state index in [-0.39, 0.29) is 23.8 Å². The Bertz CT molecular complexity index is 1030. The molecule has 1 N–H and O–H groups in total. The molecule has 1 atom stereocenters. The molecule has 30 heavy (non-hydrogen) atoms. The van der Waals surface area contributed by atoms with Crippen molar-refractivity contribution in [1.29, 1.82) is 0 Å². The standard InChI is InChI=1S/C20H24FN5O3S/c1-3-15-22-19-26(23-15)18(27)17(30-19)16(13-5-7-14(21)8-6-13)24-9-11-25(12-10-24)20(28)29-4-2/h5-8,16,27H,3-4,9-12H2,1-2H3/t16-/m0/s1. The van der Waals surface area contributed by atoms with Gasteiger partial charge in [0, 0.05) is 32.6 Å². The number of amides is 1. The van der Waals surface area contributed by atoms with Crippen LogP contribution in [0.4, 0.5) is 9.18 Å². The Morgan fingerprint density at radius 3 is 2.53 bits per heavy atom. The van der Waals surface area contributed by atoms with Crippen LogP contribution in [0.1, 0.15) is 36.2 Å². The molecule has 0 saturated carbocycles. The van der Waals surface area contributed by atoms with Crippen LogP contribution < -0.4 is 0 Å². The second-order valence-corrected chi connectivity index (χ2v) is 8.05. The van der Waals surface area contributed by atoms with E-state index in [1.165, 1.54) is 28.0 Å². The van der Waals surface area contributed by atoms with Gasteiger partial charge in [-0.15, -0.1) is 5.10 Å². The van der Waals surface area contributed by atoms with E-state index >= 15 is 0 Å². The van der Waals surface area contributed by atoms with Crippen molar-refractivity contribution < 1.29 is 19.0 Å². The molecule has 0 unspecified atom stereocenters. The molecule has 1 fully saturated rings. The smallest absolute Gasteiger partial charge is 0.409 e. The highest BCUT2D eigenvalue weighted by Crippen LogP contribution is 2.40. The number of nitrogens with zero attached hydrogens (tertiary/aromatic N) is 5. The van der Waals surface area contributed by atoms with Crippen LogP contribution in [0.15, 0.2) is 24.3 Å². The summed E-state index contributed by atoms with van der Waals surface area (Å²) in [7, 11) is 0. The van der Waals surface area contributed by atoms with Gasteiger partial charge in [0.25, 0.3) is 0 Å². The molecule has 0 aliphatic carbocycles. The maximum atomic E-state index is 13.5. The monoisotopic (exact) mass is 433 g/mol. The van der Waals surface area contributed by atoms with E-state index in [1.807, 2.05) is 6.92 Å². The lowest BCUT2D eigenvalue weighted by Crippen LogP contribution is -2.49. The number of hydrogen-bond donors (Lipinski definition) is 1. The Labute approximate surface area is 177 Å². The normalized spacial score (nSPS) is 16.2. The van der Waals surface area contributed by atoms with E-state index in [4.69, 9.17) is 4.74 Å². The SMILES string of the molecule is CCOC(=O)N1CCN([C@@H](c2ccc(F)cc2)c2sc3nc(CC)nn3c2O)CC1. The molecule has 1 aromatic carbocycles. The lowest BCUT2D eigenvalue weighted by atomic mass is 10.0. The van der Waals surface area contributed by atoms with Crippen LogP contribution in [-0.4, -0.2) is 68.4 Å². The van der Waals surface area contributed by atoms with E-state index in [0.29, 0.717) is 54.9 Å². The summed E-state index contributed by atoms with van der Waals surface area (Å²) in [6, 6.07) is 5.99. The van der Waals surface area contributed by atoms with Crippen molar-refractivity contribution in [3.05, 3.63) is 46.3 Å². The predicted molar refractivity (Wildman–Crippen MR) is 110 cm³/mol. The molecule has 0 spiro atoms. The molecule has 4 rings (SSSR count). The molecule has 0 radical (unpaired) electrons. The summed E-state index contributed by atoms with van der Waals surface area (Å²) in [6.07, 6.45) is 0.365. The van der Waals surface area contributed by atoms with Crippen LogP contribution in [0.25, 0.3) is 4.96 Å². The number of carbonyl (C=O) groups is 1. The van der Waals surface area contributed by atoms with Crippen LogP contribution >= 0.6 is 11.3 Å². The second kappa shape index (κ2) is 8.57. The number of halogens is 1. The number of aryl methyl sites for hydroxylation is 1. The highest BCUT2D eigenvalue weighted by atomic mass is 32.1. The fraction of sp³-hybridized carbons (Fsp3) is 0.450. The predicted octanol–water partition coefficient (Wildman–Crippen LogP) is 3.06. The van der Waals surface area contributed by atoms with Gasteiger partial charge in [0.15, 0.2) is 5.82 Å². The van der Waals surface area contributed by atoms with Gasteiger partial charge in [0.2, 0.25) is 10.8 Å². The maximum absolute atomic E-state index is 13.5. The Hall–Kier alpha value is -2.72. The van der Waals surface area contributed by atoms with Gasteiger partial charge < -0.3 is 14.7 Å². The minimum absolute atomic E-state index is 0.0457. The summed E-state index contributed by atoms with van der Waals surface area (Å²) in [6.45, 7) is 6.29. The van der Waals surface area contributed by atoms with Crippen molar-refractivity contribution in [3.63, 3.8) is 0 Å². The highest BCUT2D eigenvalue weighted by Gasteiger charge is 2.33. The second-order valence-electron chi connectivity index (χ2n) is 7.04. The van der Waals surface area contributed by atoms with Crippen molar-refractivity contribution in [1.82, 2.24) is 24.4 Å². The Kier molecular flexibility index (Phi) is 5.87. The van der Waals surface area contributed by atoms with E-state index in [0.717, 1.165) is 5.56 Å². The molecular weight excluding hydrogens is 409 g/mol. The van der Waals surface area contributed by atoms with Crippen LogP contribution in [0.5, 0.6) is 5.88 Å². The summed E-state index contributed by atoms with van der Waals surface area (Å²) in [4.78, 5) is 21.7. The fourth-order valence-corrected chi connectivity index (χ4v) is 4.81. The molecule has 1 aliphatic rings. The first-order valence-corrected chi connectivity index (χ1v) is 10.8. The van der Waals surface area contributed by atoms with Gasteiger partial charge in [-0.05, 0) is 24.6 Å². The Morgan fingerprint density at radius 2 is 1.93 bits per heavy atom. The largest absolute Gasteiger partial charge is 0.492 e. The van der Waals surface area contributed by atoms with Crippen molar-refractivity contribution >= 4 is 22.4 Å².